The van der Waals surface area contributed by atoms with Crippen molar-refractivity contribution >= 4 is 11.8 Å². The van der Waals surface area contributed by atoms with Crippen molar-refractivity contribution in [2.45, 2.75) is 51.3 Å². The highest BCUT2D eigenvalue weighted by atomic mass is 16.5. The summed E-state index contributed by atoms with van der Waals surface area (Å²) in [5, 5.41) is 3.03. The van der Waals surface area contributed by atoms with Crippen LogP contribution in [-0.4, -0.2) is 49.1 Å². The van der Waals surface area contributed by atoms with Crippen LogP contribution >= 0.6 is 0 Å². The number of hydrogen-bond acceptors (Lipinski definition) is 4. The van der Waals surface area contributed by atoms with Crippen molar-refractivity contribution in [2.24, 2.45) is 0 Å². The number of ether oxygens (including phenoxy) is 2. The van der Waals surface area contributed by atoms with Gasteiger partial charge in [-0.2, -0.15) is 0 Å². The van der Waals surface area contributed by atoms with Gasteiger partial charge < -0.3 is 19.7 Å². The molecule has 6 heteroatoms. The maximum atomic E-state index is 13.3. The molecule has 0 radical (unpaired) electrons. The van der Waals surface area contributed by atoms with Crippen LogP contribution in [0.1, 0.15) is 37.3 Å². The van der Waals surface area contributed by atoms with Gasteiger partial charge in [-0.1, -0.05) is 49.4 Å². The summed E-state index contributed by atoms with van der Waals surface area (Å²) >= 11 is 0. The van der Waals surface area contributed by atoms with E-state index in [9.17, 15) is 9.59 Å². The molecule has 1 saturated heterocycles. The van der Waals surface area contributed by atoms with Gasteiger partial charge in [-0.25, -0.2) is 0 Å². The molecule has 31 heavy (non-hydrogen) atoms. The molecule has 3 rings (SSSR count). The molecule has 1 fully saturated rings. The van der Waals surface area contributed by atoms with Gasteiger partial charge in [0.25, 0.3) is 0 Å². The molecule has 0 saturated carbocycles. The van der Waals surface area contributed by atoms with Gasteiger partial charge in [0.15, 0.2) is 0 Å². The first-order valence-corrected chi connectivity index (χ1v) is 11.0. The molecule has 0 spiro atoms. The smallest absolute Gasteiger partial charge is 0.243 e. The SMILES string of the molecule is CCC(=O)N(Cc1ccc(OC)cc1)[C@@H](Cc1ccccc1)C(=O)NC[C@@H]1CCCO1. The van der Waals surface area contributed by atoms with Crippen molar-refractivity contribution in [3.8, 4) is 5.75 Å². The lowest BCUT2D eigenvalue weighted by atomic mass is 10.0. The number of rotatable bonds is 10. The van der Waals surface area contributed by atoms with Crippen LogP contribution in [0.5, 0.6) is 5.75 Å². The van der Waals surface area contributed by atoms with Crippen LogP contribution in [0.25, 0.3) is 0 Å². The van der Waals surface area contributed by atoms with Gasteiger partial charge in [0, 0.05) is 32.5 Å². The molecule has 2 amide bonds. The van der Waals surface area contributed by atoms with E-state index < -0.39 is 6.04 Å². The van der Waals surface area contributed by atoms with E-state index in [0.29, 0.717) is 25.9 Å². The number of methoxy groups -OCH3 is 1. The molecule has 0 aliphatic carbocycles. The summed E-state index contributed by atoms with van der Waals surface area (Å²) in [6.45, 7) is 3.40. The molecule has 2 atom stereocenters. The van der Waals surface area contributed by atoms with Crippen molar-refractivity contribution in [3.05, 3.63) is 65.7 Å². The standard InChI is InChI=1S/C25H32N2O4/c1-3-24(28)27(18-20-11-13-21(30-2)14-12-20)23(16-19-8-5-4-6-9-19)25(29)26-17-22-10-7-15-31-22/h4-6,8-9,11-14,22-23H,3,7,10,15-18H2,1-2H3,(H,26,29)/t22-,23-/m0/s1. The van der Waals surface area contributed by atoms with Gasteiger partial charge in [0.1, 0.15) is 11.8 Å². The third-order valence-corrected chi connectivity index (χ3v) is 5.61. The molecule has 2 aromatic carbocycles. The van der Waals surface area contributed by atoms with E-state index in [1.807, 2.05) is 61.5 Å². The second-order valence-corrected chi connectivity index (χ2v) is 7.81. The Kier molecular flexibility index (Phi) is 8.47. The van der Waals surface area contributed by atoms with E-state index in [4.69, 9.17) is 9.47 Å². The van der Waals surface area contributed by atoms with Gasteiger partial charge in [-0.3, -0.25) is 9.59 Å². The van der Waals surface area contributed by atoms with E-state index in [-0.39, 0.29) is 17.9 Å². The summed E-state index contributed by atoms with van der Waals surface area (Å²) < 4.78 is 10.9. The van der Waals surface area contributed by atoms with E-state index in [1.54, 1.807) is 12.0 Å². The minimum atomic E-state index is -0.599. The van der Waals surface area contributed by atoms with E-state index in [2.05, 4.69) is 5.32 Å². The Morgan fingerprint density at radius 1 is 1.13 bits per heavy atom. The molecule has 2 aromatic rings. The summed E-state index contributed by atoms with van der Waals surface area (Å²) in [4.78, 5) is 27.9. The molecule has 0 unspecified atom stereocenters. The fourth-order valence-electron chi connectivity index (χ4n) is 3.82. The third kappa shape index (κ3) is 6.56. The molecule has 1 N–H and O–H groups in total. The number of carbonyl (C=O) groups excluding carboxylic acids is 2. The zero-order valence-corrected chi connectivity index (χ0v) is 18.4. The average Bonchev–Trinajstić information content (AvgIpc) is 3.34. The van der Waals surface area contributed by atoms with Gasteiger partial charge in [0.05, 0.1) is 13.2 Å². The number of carbonyl (C=O) groups is 2. The Morgan fingerprint density at radius 3 is 2.48 bits per heavy atom. The third-order valence-electron chi connectivity index (χ3n) is 5.61. The first-order chi connectivity index (χ1) is 15.1. The minimum Gasteiger partial charge on any atom is -0.497 e. The van der Waals surface area contributed by atoms with Crippen LogP contribution in [0, 0.1) is 0 Å². The number of nitrogens with one attached hydrogen (secondary N) is 1. The van der Waals surface area contributed by atoms with Crippen molar-refractivity contribution < 1.29 is 19.1 Å². The van der Waals surface area contributed by atoms with Crippen LogP contribution in [0.2, 0.25) is 0 Å². The predicted molar refractivity (Wildman–Crippen MR) is 120 cm³/mol. The monoisotopic (exact) mass is 424 g/mol. The molecule has 0 bridgehead atoms. The van der Waals surface area contributed by atoms with Crippen molar-refractivity contribution in [1.82, 2.24) is 10.2 Å². The van der Waals surface area contributed by atoms with Crippen LogP contribution < -0.4 is 10.1 Å². The molecule has 0 aromatic heterocycles. The number of benzene rings is 2. The Morgan fingerprint density at radius 2 is 1.87 bits per heavy atom. The van der Waals surface area contributed by atoms with Crippen LogP contribution in [-0.2, 0) is 27.3 Å². The minimum absolute atomic E-state index is 0.0518. The Hall–Kier alpha value is -2.86. The molecule has 166 valence electrons. The zero-order valence-electron chi connectivity index (χ0n) is 18.4. The first kappa shape index (κ1) is 22.8. The van der Waals surface area contributed by atoms with Gasteiger partial charge in [0.2, 0.25) is 11.8 Å². The Labute approximate surface area is 184 Å². The van der Waals surface area contributed by atoms with Crippen LogP contribution in [0.15, 0.2) is 54.6 Å². The van der Waals surface area contributed by atoms with Gasteiger partial charge in [-0.15, -0.1) is 0 Å². The average molecular weight is 425 g/mol. The molecular weight excluding hydrogens is 392 g/mol. The summed E-state index contributed by atoms with van der Waals surface area (Å²) in [5.74, 6) is 0.561. The predicted octanol–water partition coefficient (Wildman–Crippen LogP) is 3.34. The maximum Gasteiger partial charge on any atom is 0.243 e. The molecule has 6 nitrogen and oxygen atoms in total. The van der Waals surface area contributed by atoms with Crippen LogP contribution in [0.4, 0.5) is 0 Å². The molecule has 1 heterocycles. The lowest BCUT2D eigenvalue weighted by Crippen LogP contribution is -2.51. The van der Waals surface area contributed by atoms with Gasteiger partial charge >= 0.3 is 0 Å². The number of hydrogen-bond donors (Lipinski definition) is 1. The Bertz CT molecular complexity index is 832. The maximum absolute atomic E-state index is 13.3. The second kappa shape index (κ2) is 11.5. The summed E-state index contributed by atoms with van der Waals surface area (Å²) in [5.41, 5.74) is 1.97. The summed E-state index contributed by atoms with van der Waals surface area (Å²) in [6, 6.07) is 16.8. The number of nitrogens with zero attached hydrogens (tertiary/aromatic N) is 1. The summed E-state index contributed by atoms with van der Waals surface area (Å²) in [7, 11) is 1.62. The first-order valence-electron chi connectivity index (χ1n) is 11.0. The van der Waals surface area contributed by atoms with Crippen molar-refractivity contribution in [1.29, 1.82) is 0 Å². The lowest BCUT2D eigenvalue weighted by molar-refractivity contribution is -0.141. The van der Waals surface area contributed by atoms with E-state index in [0.717, 1.165) is 36.3 Å². The second-order valence-electron chi connectivity index (χ2n) is 7.81. The quantitative estimate of drug-likeness (QED) is 0.635. The summed E-state index contributed by atoms with van der Waals surface area (Å²) in [6.07, 6.45) is 2.82. The molecular formula is C25H32N2O4. The van der Waals surface area contributed by atoms with E-state index >= 15 is 0 Å². The topological polar surface area (TPSA) is 67.9 Å². The molecule has 1 aliphatic heterocycles. The highest BCUT2D eigenvalue weighted by Crippen LogP contribution is 2.18. The fourth-order valence-corrected chi connectivity index (χ4v) is 3.82. The van der Waals surface area contributed by atoms with Crippen molar-refractivity contribution in [3.63, 3.8) is 0 Å². The Balaban J connectivity index is 1.81. The lowest BCUT2D eigenvalue weighted by Gasteiger charge is -2.31. The largest absolute Gasteiger partial charge is 0.497 e. The van der Waals surface area contributed by atoms with Gasteiger partial charge in [-0.05, 0) is 36.1 Å². The number of amides is 2. The normalized spacial score (nSPS) is 16.5. The van der Waals surface area contributed by atoms with E-state index in [1.165, 1.54) is 0 Å². The zero-order chi connectivity index (χ0) is 22.1. The van der Waals surface area contributed by atoms with Crippen molar-refractivity contribution in [2.75, 3.05) is 20.3 Å². The highest BCUT2D eigenvalue weighted by molar-refractivity contribution is 5.88. The van der Waals surface area contributed by atoms with Crippen LogP contribution in [0.3, 0.4) is 0 Å². The molecule has 1 aliphatic rings. The fraction of sp³-hybridized carbons (Fsp3) is 0.440. The highest BCUT2D eigenvalue weighted by Gasteiger charge is 2.30.